The smallest absolute Gasteiger partial charge is 0.239 e. The maximum Gasteiger partial charge on any atom is 0.239 e. The van der Waals surface area contributed by atoms with E-state index in [1.165, 1.54) is 32.6 Å². The number of carbonyl (C=O) groups is 2. The summed E-state index contributed by atoms with van der Waals surface area (Å²) >= 11 is 0. The monoisotopic (exact) mass is 309 g/mol. The van der Waals surface area contributed by atoms with Crippen LogP contribution in [-0.2, 0) is 14.3 Å². The Morgan fingerprint density at radius 1 is 1.32 bits per heavy atom. The molecule has 0 aromatic rings. The zero-order valence-corrected chi connectivity index (χ0v) is 13.3. The Labute approximate surface area is 131 Å². The zero-order valence-electron chi connectivity index (χ0n) is 13.3. The second kappa shape index (κ2) is 6.96. The van der Waals surface area contributed by atoms with Crippen molar-refractivity contribution in [3.63, 3.8) is 0 Å². The lowest BCUT2D eigenvalue weighted by molar-refractivity contribution is -0.140. The number of nitrogens with one attached hydrogen (secondary N) is 2. The number of amides is 2. The number of morpholine rings is 1. The Kier molecular flexibility index (Phi) is 4.98. The first-order chi connectivity index (χ1) is 10.6. The molecule has 22 heavy (non-hydrogen) atoms. The molecule has 2 heterocycles. The lowest BCUT2D eigenvalue weighted by Gasteiger charge is -2.34. The molecule has 3 aliphatic rings. The van der Waals surface area contributed by atoms with Crippen molar-refractivity contribution >= 4 is 11.8 Å². The van der Waals surface area contributed by atoms with Gasteiger partial charge in [0.1, 0.15) is 0 Å². The second-order valence-corrected chi connectivity index (χ2v) is 6.82. The average molecular weight is 309 g/mol. The van der Waals surface area contributed by atoms with Crippen molar-refractivity contribution in [2.24, 2.45) is 5.92 Å². The van der Waals surface area contributed by atoms with Gasteiger partial charge < -0.3 is 20.3 Å². The van der Waals surface area contributed by atoms with Gasteiger partial charge in [-0.15, -0.1) is 0 Å². The van der Waals surface area contributed by atoms with E-state index in [0.717, 1.165) is 6.42 Å². The van der Waals surface area contributed by atoms with E-state index in [0.29, 0.717) is 38.2 Å². The highest BCUT2D eigenvalue weighted by Crippen LogP contribution is 2.33. The number of rotatable bonds is 3. The van der Waals surface area contributed by atoms with Crippen molar-refractivity contribution in [1.82, 2.24) is 15.5 Å². The van der Waals surface area contributed by atoms with Crippen LogP contribution in [0.2, 0.25) is 0 Å². The van der Waals surface area contributed by atoms with Gasteiger partial charge in [0.2, 0.25) is 11.8 Å². The molecule has 1 aliphatic carbocycles. The fourth-order valence-corrected chi connectivity index (χ4v) is 4.03. The molecular formula is C16H27N3O3. The Bertz CT molecular complexity index is 415. The third kappa shape index (κ3) is 3.60. The molecule has 3 rings (SSSR count). The number of fused-ring (bicyclic) bond motifs is 1. The maximum atomic E-state index is 12.7. The van der Waals surface area contributed by atoms with Crippen LogP contribution in [0.5, 0.6) is 0 Å². The predicted molar refractivity (Wildman–Crippen MR) is 82.3 cm³/mol. The quantitative estimate of drug-likeness (QED) is 0.785. The topological polar surface area (TPSA) is 70.7 Å². The van der Waals surface area contributed by atoms with Gasteiger partial charge in [0, 0.05) is 32.6 Å². The summed E-state index contributed by atoms with van der Waals surface area (Å²) in [5.41, 5.74) is 0. The minimum atomic E-state index is -0.0923. The molecule has 0 aromatic carbocycles. The molecule has 2 N–H and O–H groups in total. The summed E-state index contributed by atoms with van der Waals surface area (Å²) in [4.78, 5) is 25.7. The summed E-state index contributed by atoms with van der Waals surface area (Å²) in [5.74, 6) is 0.832. The van der Waals surface area contributed by atoms with Crippen LogP contribution in [0.1, 0.15) is 39.0 Å². The van der Waals surface area contributed by atoms with Crippen LogP contribution in [0.3, 0.4) is 0 Å². The third-order valence-electron chi connectivity index (χ3n) is 5.19. The molecule has 2 aliphatic heterocycles. The maximum absolute atomic E-state index is 12.7. The van der Waals surface area contributed by atoms with Crippen molar-refractivity contribution in [2.45, 2.75) is 57.2 Å². The summed E-state index contributed by atoms with van der Waals surface area (Å²) < 4.78 is 5.64. The Balaban J connectivity index is 1.52. The standard InChI is InChI=1S/C16H27N3O3/c1-11(20)17-9-13-10-19(6-7-22-13)16(21)15-8-12-4-2-3-5-14(12)18-15/h12-15,18H,2-10H2,1H3,(H,17,20). The zero-order chi connectivity index (χ0) is 15.5. The molecule has 4 unspecified atom stereocenters. The summed E-state index contributed by atoms with van der Waals surface area (Å²) in [6, 6.07) is 0.520. The molecule has 0 spiro atoms. The summed E-state index contributed by atoms with van der Waals surface area (Å²) in [6.07, 6.45) is 5.95. The van der Waals surface area contributed by atoms with Gasteiger partial charge in [-0.05, 0) is 25.2 Å². The SMILES string of the molecule is CC(=O)NCC1CN(C(=O)C2CC3CCCCC3N2)CCO1. The fraction of sp³-hybridized carbons (Fsp3) is 0.875. The van der Waals surface area contributed by atoms with Gasteiger partial charge in [0.05, 0.1) is 18.8 Å². The van der Waals surface area contributed by atoms with Crippen LogP contribution in [0.15, 0.2) is 0 Å². The molecule has 124 valence electrons. The highest BCUT2D eigenvalue weighted by molar-refractivity contribution is 5.82. The first kappa shape index (κ1) is 15.7. The normalized spacial score (nSPS) is 35.0. The van der Waals surface area contributed by atoms with Crippen molar-refractivity contribution in [2.75, 3.05) is 26.2 Å². The van der Waals surface area contributed by atoms with E-state index < -0.39 is 0 Å². The van der Waals surface area contributed by atoms with E-state index in [1.807, 2.05) is 4.90 Å². The molecule has 2 amide bonds. The van der Waals surface area contributed by atoms with Crippen LogP contribution in [-0.4, -0.2) is 61.1 Å². The van der Waals surface area contributed by atoms with Crippen molar-refractivity contribution in [3.8, 4) is 0 Å². The molecule has 6 heteroatoms. The summed E-state index contributed by atoms with van der Waals surface area (Å²) in [7, 11) is 0. The molecule has 3 fully saturated rings. The Morgan fingerprint density at radius 2 is 2.14 bits per heavy atom. The van der Waals surface area contributed by atoms with Gasteiger partial charge in [-0.3, -0.25) is 9.59 Å². The summed E-state index contributed by atoms with van der Waals surface area (Å²) in [5, 5.41) is 6.32. The van der Waals surface area contributed by atoms with E-state index in [2.05, 4.69) is 10.6 Å². The van der Waals surface area contributed by atoms with Gasteiger partial charge in [0.15, 0.2) is 0 Å². The lowest BCUT2D eigenvalue weighted by Crippen LogP contribution is -2.53. The van der Waals surface area contributed by atoms with Crippen LogP contribution in [0.4, 0.5) is 0 Å². The first-order valence-corrected chi connectivity index (χ1v) is 8.54. The van der Waals surface area contributed by atoms with Gasteiger partial charge >= 0.3 is 0 Å². The molecule has 0 bridgehead atoms. The summed E-state index contributed by atoms with van der Waals surface area (Å²) in [6.45, 7) is 3.75. The van der Waals surface area contributed by atoms with Gasteiger partial charge in [0.25, 0.3) is 0 Å². The van der Waals surface area contributed by atoms with E-state index in [4.69, 9.17) is 4.74 Å². The van der Waals surface area contributed by atoms with E-state index in [-0.39, 0.29) is 24.0 Å². The third-order valence-corrected chi connectivity index (χ3v) is 5.19. The first-order valence-electron chi connectivity index (χ1n) is 8.54. The highest BCUT2D eigenvalue weighted by atomic mass is 16.5. The predicted octanol–water partition coefficient (Wildman–Crippen LogP) is 0.271. The van der Waals surface area contributed by atoms with E-state index in [1.54, 1.807) is 0 Å². The number of ether oxygens (including phenoxy) is 1. The number of carbonyl (C=O) groups excluding carboxylic acids is 2. The number of nitrogens with zero attached hydrogens (tertiary/aromatic N) is 1. The minimum absolute atomic E-state index is 0.0207. The molecule has 0 radical (unpaired) electrons. The van der Waals surface area contributed by atoms with Crippen molar-refractivity contribution in [1.29, 1.82) is 0 Å². The molecule has 2 saturated heterocycles. The Hall–Kier alpha value is -1.14. The fourth-order valence-electron chi connectivity index (χ4n) is 4.03. The Morgan fingerprint density at radius 3 is 2.91 bits per heavy atom. The van der Waals surface area contributed by atoms with Crippen LogP contribution < -0.4 is 10.6 Å². The lowest BCUT2D eigenvalue weighted by atomic mass is 9.85. The van der Waals surface area contributed by atoms with E-state index >= 15 is 0 Å². The van der Waals surface area contributed by atoms with Crippen molar-refractivity contribution < 1.29 is 14.3 Å². The van der Waals surface area contributed by atoms with Gasteiger partial charge in [-0.25, -0.2) is 0 Å². The van der Waals surface area contributed by atoms with Crippen LogP contribution in [0.25, 0.3) is 0 Å². The molecule has 4 atom stereocenters. The molecule has 6 nitrogen and oxygen atoms in total. The average Bonchev–Trinajstić information content (AvgIpc) is 2.96. The number of hydrogen-bond acceptors (Lipinski definition) is 4. The molecule has 1 saturated carbocycles. The largest absolute Gasteiger partial charge is 0.373 e. The van der Waals surface area contributed by atoms with Crippen molar-refractivity contribution in [3.05, 3.63) is 0 Å². The number of hydrogen-bond donors (Lipinski definition) is 2. The van der Waals surface area contributed by atoms with Gasteiger partial charge in [-0.1, -0.05) is 12.8 Å². The van der Waals surface area contributed by atoms with Gasteiger partial charge in [-0.2, -0.15) is 0 Å². The van der Waals surface area contributed by atoms with E-state index in [9.17, 15) is 9.59 Å². The van der Waals surface area contributed by atoms with Crippen LogP contribution in [0, 0.1) is 5.92 Å². The molecular weight excluding hydrogens is 282 g/mol. The minimum Gasteiger partial charge on any atom is -0.373 e. The molecule has 0 aromatic heterocycles. The van der Waals surface area contributed by atoms with Crippen LogP contribution >= 0.6 is 0 Å². The second-order valence-electron chi connectivity index (χ2n) is 6.82. The highest BCUT2D eigenvalue weighted by Gasteiger charge is 2.40.